The summed E-state index contributed by atoms with van der Waals surface area (Å²) in [5, 5.41) is 10.5. The van der Waals surface area contributed by atoms with E-state index in [2.05, 4.69) is 0 Å². The molecule has 37 heavy (non-hydrogen) atoms. The summed E-state index contributed by atoms with van der Waals surface area (Å²) < 4.78 is 12.2. The van der Waals surface area contributed by atoms with Gasteiger partial charge in [0.1, 0.15) is 24.2 Å². The first-order valence-electron chi connectivity index (χ1n) is 13.1. The van der Waals surface area contributed by atoms with E-state index in [1.165, 1.54) is 4.90 Å². The van der Waals surface area contributed by atoms with Crippen molar-refractivity contribution in [2.45, 2.75) is 64.3 Å². The number of aliphatic hydroxyl groups excluding tert-OH is 1. The van der Waals surface area contributed by atoms with Crippen LogP contribution in [-0.2, 0) is 23.9 Å². The Morgan fingerprint density at radius 2 is 1.78 bits per heavy atom. The van der Waals surface area contributed by atoms with Gasteiger partial charge in [0, 0.05) is 12.2 Å². The number of aryl methyl sites for hydroxylation is 2. The van der Waals surface area contributed by atoms with Crippen LogP contribution in [0.4, 0.5) is 5.69 Å². The SMILES string of the molecule is CC[C@H](C)[C@H](CO)N1C(=O)[C@@H]2[C@@H]3C(=O)OCC=C[C@]3(C)O[C@@]23C=CCN(c2c(C)cccc2C)C(=O)C13. The van der Waals surface area contributed by atoms with Gasteiger partial charge >= 0.3 is 5.97 Å². The summed E-state index contributed by atoms with van der Waals surface area (Å²) in [7, 11) is 0. The van der Waals surface area contributed by atoms with Gasteiger partial charge in [0.15, 0.2) is 0 Å². The fraction of sp³-hybridized carbons (Fsp3) is 0.552. The number of nitrogens with zero attached hydrogens (tertiary/aromatic N) is 2. The molecule has 7 atom stereocenters. The highest BCUT2D eigenvalue weighted by molar-refractivity contribution is 6.06. The molecule has 0 radical (unpaired) electrons. The molecule has 1 aromatic carbocycles. The van der Waals surface area contributed by atoms with E-state index in [-0.39, 0.29) is 30.9 Å². The number of carbonyl (C=O) groups is 3. The molecule has 4 aliphatic heterocycles. The van der Waals surface area contributed by atoms with Crippen LogP contribution in [0.25, 0.3) is 0 Å². The van der Waals surface area contributed by atoms with Crippen LogP contribution in [0.5, 0.6) is 0 Å². The summed E-state index contributed by atoms with van der Waals surface area (Å²) in [4.78, 5) is 45.5. The minimum Gasteiger partial charge on any atom is -0.461 e. The molecule has 0 aromatic heterocycles. The Hall–Kier alpha value is -2.97. The number of aliphatic hydroxyl groups is 1. The van der Waals surface area contributed by atoms with Crippen molar-refractivity contribution in [1.29, 1.82) is 0 Å². The minimum atomic E-state index is -1.37. The van der Waals surface area contributed by atoms with Crippen LogP contribution in [0.2, 0.25) is 0 Å². The number of hydrogen-bond acceptors (Lipinski definition) is 6. The minimum absolute atomic E-state index is 0.0779. The smallest absolute Gasteiger partial charge is 0.313 e. The average Bonchev–Trinajstić information content (AvgIpc) is 3.11. The number of hydrogen-bond donors (Lipinski definition) is 1. The van der Waals surface area contributed by atoms with E-state index in [1.807, 2.05) is 58.0 Å². The van der Waals surface area contributed by atoms with Crippen LogP contribution >= 0.6 is 0 Å². The number of ether oxygens (including phenoxy) is 2. The summed E-state index contributed by atoms with van der Waals surface area (Å²) in [6.45, 7) is 9.77. The lowest BCUT2D eigenvalue weighted by Gasteiger charge is -2.41. The lowest BCUT2D eigenvalue weighted by atomic mass is 9.75. The van der Waals surface area contributed by atoms with Crippen molar-refractivity contribution < 1.29 is 29.0 Å². The molecule has 0 aliphatic carbocycles. The number of benzene rings is 1. The van der Waals surface area contributed by atoms with Crippen molar-refractivity contribution in [2.24, 2.45) is 17.8 Å². The second kappa shape index (κ2) is 9.10. The number of rotatable bonds is 5. The topological polar surface area (TPSA) is 96.4 Å². The Bertz CT molecular complexity index is 1170. The number of anilines is 1. The van der Waals surface area contributed by atoms with Crippen molar-refractivity contribution in [2.75, 3.05) is 24.7 Å². The maximum atomic E-state index is 14.6. The molecule has 5 rings (SSSR count). The molecular weight excluding hydrogens is 472 g/mol. The van der Waals surface area contributed by atoms with Gasteiger partial charge < -0.3 is 24.4 Å². The number of carbonyl (C=O) groups excluding carboxylic acids is 3. The largest absolute Gasteiger partial charge is 0.461 e. The predicted molar refractivity (Wildman–Crippen MR) is 138 cm³/mol. The number of fused-ring (bicyclic) bond motifs is 2. The first-order valence-corrected chi connectivity index (χ1v) is 13.1. The molecule has 1 aromatic rings. The molecule has 0 saturated carbocycles. The molecule has 1 unspecified atom stereocenters. The molecular formula is C29H36N2O6. The predicted octanol–water partition coefficient (Wildman–Crippen LogP) is 2.70. The maximum Gasteiger partial charge on any atom is 0.313 e. The first-order chi connectivity index (χ1) is 17.6. The zero-order valence-electron chi connectivity index (χ0n) is 22.1. The molecule has 1 spiro atoms. The number of amides is 2. The standard InChI is InChI=1S/C29H36N2O6/c1-6-17(2)20(16-32)31-24-26(34)30(23-18(3)10-7-11-19(23)4)14-8-13-29(24)21(25(31)33)22-27(35)36-15-9-12-28(22,5)37-29/h7-13,17,20-22,24,32H,6,14-16H2,1-5H3/t17-,20-,21-,22+,24?,28-,29-/m0/s1. The van der Waals surface area contributed by atoms with E-state index in [0.717, 1.165) is 16.8 Å². The number of cyclic esters (lactones) is 1. The van der Waals surface area contributed by atoms with Crippen LogP contribution in [0.3, 0.4) is 0 Å². The number of esters is 1. The number of para-hydroxylation sites is 1. The van der Waals surface area contributed by atoms with Gasteiger partial charge in [0.25, 0.3) is 5.91 Å². The van der Waals surface area contributed by atoms with Crippen molar-refractivity contribution in [3.05, 3.63) is 53.6 Å². The molecule has 8 nitrogen and oxygen atoms in total. The van der Waals surface area contributed by atoms with Crippen LogP contribution in [0.1, 0.15) is 38.3 Å². The van der Waals surface area contributed by atoms with E-state index < -0.39 is 41.1 Å². The second-order valence-corrected chi connectivity index (χ2v) is 11.0. The van der Waals surface area contributed by atoms with Gasteiger partial charge in [-0.1, -0.05) is 56.7 Å². The third-order valence-corrected chi connectivity index (χ3v) is 8.81. The second-order valence-electron chi connectivity index (χ2n) is 11.0. The van der Waals surface area contributed by atoms with Crippen LogP contribution < -0.4 is 4.90 Å². The molecule has 2 fully saturated rings. The molecule has 8 heteroatoms. The Kier molecular flexibility index (Phi) is 6.31. The van der Waals surface area contributed by atoms with Crippen molar-refractivity contribution in [1.82, 2.24) is 4.90 Å². The van der Waals surface area contributed by atoms with Gasteiger partial charge in [-0.2, -0.15) is 0 Å². The van der Waals surface area contributed by atoms with Gasteiger partial charge in [0.05, 0.1) is 24.2 Å². The number of likely N-dealkylation sites (tertiary alicyclic amines) is 1. The molecule has 0 bridgehead atoms. The van der Waals surface area contributed by atoms with Crippen LogP contribution in [-0.4, -0.2) is 70.8 Å². The monoisotopic (exact) mass is 508 g/mol. The quantitative estimate of drug-likeness (QED) is 0.485. The summed E-state index contributed by atoms with van der Waals surface area (Å²) in [5.74, 6) is -3.08. The summed E-state index contributed by atoms with van der Waals surface area (Å²) in [6, 6.07) is 4.22. The van der Waals surface area contributed by atoms with Crippen molar-refractivity contribution in [3.63, 3.8) is 0 Å². The van der Waals surface area contributed by atoms with Crippen LogP contribution in [0.15, 0.2) is 42.5 Å². The zero-order valence-corrected chi connectivity index (χ0v) is 22.1. The van der Waals surface area contributed by atoms with Crippen LogP contribution in [0, 0.1) is 31.6 Å². The van der Waals surface area contributed by atoms with Gasteiger partial charge in [-0.15, -0.1) is 0 Å². The summed E-state index contributed by atoms with van der Waals surface area (Å²) in [5.41, 5.74) is 0.206. The fourth-order valence-electron chi connectivity index (χ4n) is 6.90. The molecule has 4 heterocycles. The normalized spacial score (nSPS) is 34.4. The lowest BCUT2D eigenvalue weighted by molar-refractivity contribution is -0.158. The van der Waals surface area contributed by atoms with Gasteiger partial charge in [-0.25, -0.2) is 0 Å². The maximum absolute atomic E-state index is 14.6. The Morgan fingerprint density at radius 3 is 2.43 bits per heavy atom. The van der Waals surface area contributed by atoms with Crippen molar-refractivity contribution >= 4 is 23.5 Å². The average molecular weight is 509 g/mol. The van der Waals surface area contributed by atoms with Gasteiger partial charge in [-0.05, 0) is 43.9 Å². The molecule has 198 valence electrons. The molecule has 1 N–H and O–H groups in total. The highest BCUT2D eigenvalue weighted by atomic mass is 16.6. The highest BCUT2D eigenvalue weighted by Crippen LogP contribution is 2.58. The zero-order chi connectivity index (χ0) is 26.7. The third-order valence-electron chi connectivity index (χ3n) is 8.81. The summed E-state index contributed by atoms with van der Waals surface area (Å²) in [6.07, 6.45) is 7.91. The first kappa shape index (κ1) is 25.7. The van der Waals surface area contributed by atoms with E-state index in [9.17, 15) is 19.5 Å². The third kappa shape index (κ3) is 3.60. The molecule has 2 saturated heterocycles. The van der Waals surface area contributed by atoms with E-state index >= 15 is 0 Å². The highest BCUT2D eigenvalue weighted by Gasteiger charge is 2.75. The molecule has 2 amide bonds. The van der Waals surface area contributed by atoms with Crippen molar-refractivity contribution in [3.8, 4) is 0 Å². The molecule has 4 aliphatic rings. The van der Waals surface area contributed by atoms with Gasteiger partial charge in [0.2, 0.25) is 5.91 Å². The summed E-state index contributed by atoms with van der Waals surface area (Å²) >= 11 is 0. The Morgan fingerprint density at radius 1 is 1.08 bits per heavy atom. The van der Waals surface area contributed by atoms with E-state index in [0.29, 0.717) is 13.0 Å². The Labute approximate surface area is 217 Å². The Balaban J connectivity index is 1.72. The van der Waals surface area contributed by atoms with Gasteiger partial charge in [-0.3, -0.25) is 14.4 Å². The fourth-order valence-corrected chi connectivity index (χ4v) is 6.90. The van der Waals surface area contributed by atoms with E-state index in [1.54, 1.807) is 24.0 Å². The van der Waals surface area contributed by atoms with E-state index in [4.69, 9.17) is 9.47 Å². The lowest BCUT2D eigenvalue weighted by Crippen LogP contribution is -2.60.